The number of hydrogen-bond acceptors (Lipinski definition) is 5. The molecule has 0 unspecified atom stereocenters. The van der Waals surface area contributed by atoms with Gasteiger partial charge in [-0.15, -0.1) is 6.58 Å². The van der Waals surface area contributed by atoms with Crippen LogP contribution >= 0.6 is 0 Å². The number of nitrogens with zero attached hydrogens (tertiary/aromatic N) is 3. The van der Waals surface area contributed by atoms with Gasteiger partial charge in [-0.2, -0.15) is 5.10 Å². The van der Waals surface area contributed by atoms with E-state index in [0.717, 1.165) is 0 Å². The number of para-hydroxylation sites is 1. The normalized spacial score (nSPS) is 19.4. The van der Waals surface area contributed by atoms with Gasteiger partial charge in [0.1, 0.15) is 5.75 Å². The van der Waals surface area contributed by atoms with Crippen molar-refractivity contribution in [1.29, 1.82) is 0 Å². The summed E-state index contributed by atoms with van der Waals surface area (Å²) in [5.74, 6) is -0.310. The van der Waals surface area contributed by atoms with Crippen molar-refractivity contribution in [3.63, 3.8) is 0 Å². The number of allylic oxidation sites excluding steroid dienone is 1. The van der Waals surface area contributed by atoms with E-state index in [0.29, 0.717) is 30.6 Å². The number of carbonyl (C=O) groups is 1. The van der Waals surface area contributed by atoms with Crippen LogP contribution in [0.4, 0.5) is 0 Å². The lowest BCUT2D eigenvalue weighted by molar-refractivity contribution is -0.122. The predicted molar refractivity (Wildman–Crippen MR) is 116 cm³/mol. The van der Waals surface area contributed by atoms with Gasteiger partial charge in [-0.1, -0.05) is 48.4 Å². The fourth-order valence-electron chi connectivity index (χ4n) is 2.93. The molecule has 1 saturated heterocycles. The number of carbonyl (C=O) groups excluding carboxylic acids is 1. The molecule has 1 aliphatic rings. The van der Waals surface area contributed by atoms with Crippen molar-refractivity contribution >= 4 is 12.1 Å². The number of phenolic OH excluding ortho intramolecular Hbond substituents is 1. The quantitative estimate of drug-likeness (QED) is 0.406. The van der Waals surface area contributed by atoms with E-state index < -0.39 is 42.3 Å². The second kappa shape index (κ2) is 10.5. The Kier molecular flexibility index (Phi) is 4.84. The van der Waals surface area contributed by atoms with Crippen LogP contribution in [0.3, 0.4) is 0 Å². The van der Waals surface area contributed by atoms with Gasteiger partial charge in [0.2, 0.25) is 0 Å². The maximum atomic E-state index is 12.3. The summed E-state index contributed by atoms with van der Waals surface area (Å²) in [6.07, 6.45) is 3.53. The van der Waals surface area contributed by atoms with Gasteiger partial charge < -0.3 is 5.11 Å². The first-order valence-electron chi connectivity index (χ1n) is 12.8. The van der Waals surface area contributed by atoms with Gasteiger partial charge in [-0.05, 0) is 23.6 Å². The van der Waals surface area contributed by atoms with E-state index in [1.54, 1.807) is 24.3 Å². The van der Waals surface area contributed by atoms with E-state index >= 15 is 0 Å². The molecule has 1 fully saturated rings. The summed E-state index contributed by atoms with van der Waals surface area (Å²) < 4.78 is 56.5. The summed E-state index contributed by atoms with van der Waals surface area (Å²) in [6.45, 7) is 2.43. The van der Waals surface area contributed by atoms with Crippen LogP contribution in [0.1, 0.15) is 26.3 Å². The number of rotatable bonds is 8. The highest BCUT2D eigenvalue weighted by Gasteiger charge is 2.18. The molecule has 152 valence electrons. The summed E-state index contributed by atoms with van der Waals surface area (Å²) in [7, 11) is 0. The van der Waals surface area contributed by atoms with Gasteiger partial charge in [-0.3, -0.25) is 14.6 Å². The molecule has 3 rings (SSSR count). The number of hydrogen-bond donors (Lipinski definition) is 2. The fraction of sp³-hybridized carbons (Fsp3) is 0.304. The molecule has 0 aromatic heterocycles. The number of hydrazone groups is 1. The Morgan fingerprint density at radius 1 is 1.24 bits per heavy atom. The SMILES string of the molecule is [2H]c1c([2H])c([2H])c(C([2H])([2H])N2CCN(CC(=O)N/N=C/c3cccc(CC=C)c3O)CC2)c([2H])c1[2H]. The van der Waals surface area contributed by atoms with Crippen molar-refractivity contribution in [3.8, 4) is 5.75 Å². The van der Waals surface area contributed by atoms with Gasteiger partial charge in [-0.25, -0.2) is 5.43 Å². The van der Waals surface area contributed by atoms with Crippen molar-refractivity contribution < 1.29 is 19.5 Å². The molecule has 0 saturated carbocycles. The van der Waals surface area contributed by atoms with E-state index in [4.69, 9.17) is 9.60 Å². The molecule has 6 nitrogen and oxygen atoms in total. The molecular formula is C23H28N4O2. The van der Waals surface area contributed by atoms with Gasteiger partial charge >= 0.3 is 0 Å². The summed E-state index contributed by atoms with van der Waals surface area (Å²) >= 11 is 0. The highest BCUT2D eigenvalue weighted by atomic mass is 16.3. The van der Waals surface area contributed by atoms with Crippen LogP contribution in [0.5, 0.6) is 5.75 Å². The minimum Gasteiger partial charge on any atom is -0.507 e. The number of phenols is 1. The molecule has 2 aromatic rings. The van der Waals surface area contributed by atoms with E-state index in [2.05, 4.69) is 17.1 Å². The van der Waals surface area contributed by atoms with Crippen LogP contribution < -0.4 is 5.43 Å². The highest BCUT2D eigenvalue weighted by Crippen LogP contribution is 2.21. The molecular weight excluding hydrogens is 364 g/mol. The number of nitrogens with one attached hydrogen (secondary N) is 1. The molecule has 1 amide bonds. The summed E-state index contributed by atoms with van der Waals surface area (Å²) in [4.78, 5) is 15.5. The molecule has 1 heterocycles. The Morgan fingerprint density at radius 2 is 1.97 bits per heavy atom. The fourth-order valence-corrected chi connectivity index (χ4v) is 2.93. The lowest BCUT2D eigenvalue weighted by Gasteiger charge is -2.34. The van der Waals surface area contributed by atoms with E-state index in [-0.39, 0.29) is 31.3 Å². The smallest absolute Gasteiger partial charge is 0.254 e. The largest absolute Gasteiger partial charge is 0.507 e. The van der Waals surface area contributed by atoms with E-state index in [9.17, 15) is 9.90 Å². The minimum atomic E-state index is -2.28. The van der Waals surface area contributed by atoms with Crippen molar-refractivity contribution in [3.05, 3.63) is 77.8 Å². The van der Waals surface area contributed by atoms with Crippen LogP contribution in [-0.2, 0) is 17.7 Å². The van der Waals surface area contributed by atoms with Crippen molar-refractivity contribution in [2.45, 2.75) is 12.9 Å². The Hall–Kier alpha value is -2.96. The average Bonchev–Trinajstić information content (AvgIpc) is 2.84. The third-order valence-electron chi connectivity index (χ3n) is 4.42. The molecule has 0 radical (unpaired) electrons. The second-order valence-corrected chi connectivity index (χ2v) is 6.52. The number of piperazine rings is 1. The number of aromatic hydroxyl groups is 1. The summed E-state index contributed by atoms with van der Waals surface area (Å²) in [6, 6.07) is 2.36. The van der Waals surface area contributed by atoms with Crippen molar-refractivity contribution in [2.75, 3.05) is 32.7 Å². The number of benzene rings is 2. The Bertz CT molecular complexity index is 1150. The predicted octanol–water partition coefficient (Wildman–Crippen LogP) is 2.39. The molecule has 2 N–H and O–H groups in total. The first-order chi connectivity index (χ1) is 17.0. The molecule has 2 aromatic carbocycles. The van der Waals surface area contributed by atoms with Crippen molar-refractivity contribution in [2.24, 2.45) is 5.10 Å². The maximum Gasteiger partial charge on any atom is 0.254 e. The molecule has 0 atom stereocenters. The molecule has 0 bridgehead atoms. The lowest BCUT2D eigenvalue weighted by Crippen LogP contribution is -2.48. The topological polar surface area (TPSA) is 68.2 Å². The van der Waals surface area contributed by atoms with Crippen LogP contribution in [0, 0.1) is 0 Å². The zero-order valence-corrected chi connectivity index (χ0v) is 16.0. The molecule has 1 aliphatic heterocycles. The monoisotopic (exact) mass is 399 g/mol. The van der Waals surface area contributed by atoms with Crippen LogP contribution in [-0.4, -0.2) is 59.8 Å². The van der Waals surface area contributed by atoms with E-state index in [1.807, 2.05) is 4.90 Å². The van der Waals surface area contributed by atoms with E-state index in [1.165, 1.54) is 11.1 Å². The van der Waals surface area contributed by atoms with Crippen LogP contribution in [0.2, 0.25) is 0 Å². The van der Waals surface area contributed by atoms with Gasteiger partial charge in [0.15, 0.2) is 0 Å². The summed E-state index contributed by atoms with van der Waals surface area (Å²) in [5.41, 5.74) is 3.18. The average molecular weight is 400 g/mol. The third kappa shape index (κ3) is 6.27. The molecule has 6 heteroatoms. The van der Waals surface area contributed by atoms with Crippen LogP contribution in [0.25, 0.3) is 0 Å². The highest BCUT2D eigenvalue weighted by molar-refractivity contribution is 5.86. The molecule has 29 heavy (non-hydrogen) atoms. The zero-order valence-electron chi connectivity index (χ0n) is 23.0. The zero-order chi connectivity index (χ0) is 26.6. The standard InChI is InChI=1S/C23H28N4O2/c1-2-7-20-10-6-11-21(23(20)29)16-24-25-22(28)18-27-14-12-26(13-15-27)17-19-8-4-3-5-9-19/h2-6,8-11,16,29H,1,7,12-15,17-18H2,(H,25,28)/b24-16+/i3D,4D,5D,8D,9D,17D2. The Morgan fingerprint density at radius 3 is 2.69 bits per heavy atom. The molecule has 0 aliphatic carbocycles. The van der Waals surface area contributed by atoms with Crippen molar-refractivity contribution in [1.82, 2.24) is 15.2 Å². The number of amides is 1. The molecule has 0 spiro atoms. The summed E-state index contributed by atoms with van der Waals surface area (Å²) in [5, 5.41) is 14.2. The Labute approximate surface area is 182 Å². The van der Waals surface area contributed by atoms with Gasteiger partial charge in [0.25, 0.3) is 5.91 Å². The van der Waals surface area contributed by atoms with Crippen LogP contribution in [0.15, 0.2) is 66.2 Å². The van der Waals surface area contributed by atoms with Gasteiger partial charge in [0.05, 0.1) is 19.6 Å². The third-order valence-corrected chi connectivity index (χ3v) is 4.42. The van der Waals surface area contributed by atoms with Gasteiger partial charge in [0, 0.05) is 41.0 Å². The first-order valence-corrected chi connectivity index (χ1v) is 9.27. The Balaban J connectivity index is 1.58. The first kappa shape index (κ1) is 13.3. The maximum absolute atomic E-state index is 12.3. The minimum absolute atomic E-state index is 0.0192. The second-order valence-electron chi connectivity index (χ2n) is 6.52. The lowest BCUT2D eigenvalue weighted by atomic mass is 10.1.